The molecule has 0 radical (unpaired) electrons. The Morgan fingerprint density at radius 3 is 2.41 bits per heavy atom. The molecule has 1 aromatic heterocycles. The highest BCUT2D eigenvalue weighted by Gasteiger charge is 2.45. The summed E-state index contributed by atoms with van der Waals surface area (Å²) in [7, 11) is 0. The number of aromatic hydroxyl groups is 2. The minimum Gasteiger partial charge on any atom is -0.508 e. The highest BCUT2D eigenvalue weighted by atomic mass is 16.5. The van der Waals surface area contributed by atoms with Crippen LogP contribution < -0.4 is 10.2 Å². The van der Waals surface area contributed by atoms with Gasteiger partial charge in [-0.15, -0.1) is 0 Å². The monoisotopic (exact) mass is 438 g/mol. The van der Waals surface area contributed by atoms with Gasteiger partial charge in [0.25, 0.3) is 0 Å². The fourth-order valence-electron chi connectivity index (χ4n) is 3.99. The van der Waals surface area contributed by atoms with Gasteiger partial charge in [-0.2, -0.15) is 0 Å². The molecule has 1 aliphatic rings. The van der Waals surface area contributed by atoms with Crippen molar-refractivity contribution < 1.29 is 29.6 Å². The summed E-state index contributed by atoms with van der Waals surface area (Å²) in [6.07, 6.45) is 0.660. The zero-order chi connectivity index (χ0) is 23.4. The zero-order valence-electron chi connectivity index (χ0n) is 18.3. The van der Waals surface area contributed by atoms with Gasteiger partial charge in [0.05, 0.1) is 11.1 Å². The maximum absolute atomic E-state index is 13.6. The number of aliphatic hydroxyl groups excluding tert-OH is 2. The van der Waals surface area contributed by atoms with Gasteiger partial charge in [-0.25, -0.2) is 0 Å². The van der Waals surface area contributed by atoms with Crippen LogP contribution in [0.2, 0.25) is 0 Å². The Morgan fingerprint density at radius 1 is 1.12 bits per heavy atom. The molecular formula is C25H26O7. The molecule has 7 nitrogen and oxygen atoms in total. The molecule has 1 aliphatic heterocycles. The van der Waals surface area contributed by atoms with Crippen LogP contribution in [0.1, 0.15) is 44.9 Å². The van der Waals surface area contributed by atoms with Crippen LogP contribution in [0, 0.1) is 0 Å². The number of benzene rings is 2. The number of phenolic OH excluding ortho intramolecular Hbond substituents is 2. The lowest BCUT2D eigenvalue weighted by atomic mass is 9.85. The second-order valence-electron chi connectivity index (χ2n) is 8.88. The van der Waals surface area contributed by atoms with Crippen LogP contribution in [-0.2, 0) is 6.42 Å². The van der Waals surface area contributed by atoms with E-state index in [9.17, 15) is 25.2 Å². The van der Waals surface area contributed by atoms with Gasteiger partial charge in [0, 0.05) is 5.56 Å². The van der Waals surface area contributed by atoms with Crippen LogP contribution in [0.3, 0.4) is 0 Å². The van der Waals surface area contributed by atoms with Gasteiger partial charge in [0.2, 0.25) is 5.43 Å². The Bertz CT molecular complexity index is 1280. The second-order valence-corrected chi connectivity index (χ2v) is 8.88. The van der Waals surface area contributed by atoms with Gasteiger partial charge < -0.3 is 29.6 Å². The fourth-order valence-corrected chi connectivity index (χ4v) is 3.99. The largest absolute Gasteiger partial charge is 0.508 e. The molecule has 3 aromatic rings. The van der Waals surface area contributed by atoms with Crippen molar-refractivity contribution in [3.63, 3.8) is 0 Å². The predicted octanol–water partition coefficient (Wildman–Crippen LogP) is 3.95. The number of ether oxygens (including phenoxy) is 1. The molecule has 168 valence electrons. The molecule has 2 aromatic carbocycles. The van der Waals surface area contributed by atoms with Crippen molar-refractivity contribution >= 4 is 11.0 Å². The Kier molecular flexibility index (Phi) is 5.27. The minimum atomic E-state index is -1.46. The number of phenols is 2. The van der Waals surface area contributed by atoms with E-state index in [0.717, 1.165) is 5.57 Å². The lowest BCUT2D eigenvalue weighted by Crippen LogP contribution is -2.49. The molecule has 0 amide bonds. The van der Waals surface area contributed by atoms with E-state index < -0.39 is 23.2 Å². The third kappa shape index (κ3) is 3.43. The van der Waals surface area contributed by atoms with Crippen LogP contribution in [0.4, 0.5) is 0 Å². The van der Waals surface area contributed by atoms with Gasteiger partial charge in [-0.1, -0.05) is 23.8 Å². The number of hydrogen-bond donors (Lipinski definition) is 4. The zero-order valence-corrected chi connectivity index (χ0v) is 18.3. The maximum atomic E-state index is 13.6. The van der Waals surface area contributed by atoms with Crippen molar-refractivity contribution in [3.05, 3.63) is 63.5 Å². The minimum absolute atomic E-state index is 0.00405. The van der Waals surface area contributed by atoms with Gasteiger partial charge in [-0.05, 0) is 51.8 Å². The molecule has 2 atom stereocenters. The van der Waals surface area contributed by atoms with Crippen molar-refractivity contribution in [2.75, 3.05) is 0 Å². The van der Waals surface area contributed by atoms with E-state index in [0.29, 0.717) is 11.1 Å². The summed E-state index contributed by atoms with van der Waals surface area (Å²) in [6, 6.07) is 6.11. The van der Waals surface area contributed by atoms with Crippen LogP contribution >= 0.6 is 0 Å². The van der Waals surface area contributed by atoms with Gasteiger partial charge >= 0.3 is 0 Å². The fraction of sp³-hybridized carbons (Fsp3) is 0.320. The molecule has 0 spiro atoms. The quantitative estimate of drug-likeness (QED) is 0.457. The second kappa shape index (κ2) is 7.69. The molecule has 4 N–H and O–H groups in total. The van der Waals surface area contributed by atoms with E-state index in [2.05, 4.69) is 0 Å². The maximum Gasteiger partial charge on any atom is 0.204 e. The van der Waals surface area contributed by atoms with Crippen LogP contribution in [0.5, 0.6) is 17.2 Å². The Balaban J connectivity index is 2.11. The molecule has 0 unspecified atom stereocenters. The Labute approximate surface area is 184 Å². The van der Waals surface area contributed by atoms with E-state index >= 15 is 0 Å². The highest BCUT2D eigenvalue weighted by molar-refractivity contribution is 5.93. The van der Waals surface area contributed by atoms with E-state index in [4.69, 9.17) is 9.15 Å². The first kappa shape index (κ1) is 21.9. The van der Waals surface area contributed by atoms with E-state index in [1.165, 1.54) is 18.4 Å². The van der Waals surface area contributed by atoms with Crippen molar-refractivity contribution in [2.45, 2.75) is 51.9 Å². The molecule has 2 heterocycles. The van der Waals surface area contributed by atoms with Crippen molar-refractivity contribution in [1.82, 2.24) is 0 Å². The summed E-state index contributed by atoms with van der Waals surface area (Å²) in [4.78, 5) is 13.6. The molecule has 0 fully saturated rings. The first-order valence-corrected chi connectivity index (χ1v) is 10.3. The summed E-state index contributed by atoms with van der Waals surface area (Å²) >= 11 is 0. The average molecular weight is 438 g/mol. The summed E-state index contributed by atoms with van der Waals surface area (Å²) in [6.45, 7) is 6.99. The van der Waals surface area contributed by atoms with Crippen molar-refractivity contribution in [2.24, 2.45) is 0 Å². The highest BCUT2D eigenvalue weighted by Crippen LogP contribution is 2.49. The normalized spacial score (nSPS) is 19.3. The summed E-state index contributed by atoms with van der Waals surface area (Å²) in [5.74, 6) is -0.212. The van der Waals surface area contributed by atoms with Crippen molar-refractivity contribution in [3.8, 4) is 28.4 Å². The van der Waals surface area contributed by atoms with Crippen LogP contribution in [-0.4, -0.2) is 32.1 Å². The lowest BCUT2D eigenvalue weighted by Gasteiger charge is -2.40. The Morgan fingerprint density at radius 2 is 1.78 bits per heavy atom. The molecule has 0 saturated heterocycles. The first-order valence-electron chi connectivity index (χ1n) is 10.3. The summed E-state index contributed by atoms with van der Waals surface area (Å²) in [5, 5.41) is 42.1. The van der Waals surface area contributed by atoms with Crippen LogP contribution in [0.15, 0.2) is 51.4 Å². The smallest absolute Gasteiger partial charge is 0.204 e. The topological polar surface area (TPSA) is 120 Å². The summed E-state index contributed by atoms with van der Waals surface area (Å²) in [5.41, 5.74) is 0.588. The predicted molar refractivity (Wildman–Crippen MR) is 120 cm³/mol. The van der Waals surface area contributed by atoms with Gasteiger partial charge in [0.1, 0.15) is 52.3 Å². The molecule has 0 bridgehead atoms. The van der Waals surface area contributed by atoms with Crippen LogP contribution in [0.25, 0.3) is 22.1 Å². The number of aliphatic hydroxyl groups is 2. The third-order valence-electron chi connectivity index (χ3n) is 5.85. The standard InChI is InChI=1S/C25H26O7/c1-12(2)5-10-15-19(27)17-21(29)24(30)25(3,4)32-23(17)18-20(28)16(11-31-22(15)18)13-6-8-14(26)9-7-13/h5-9,11,21,24,26-27,29-30H,10H2,1-4H3/t21-,24+/m1/s1. The molecule has 4 rings (SSSR count). The SMILES string of the molecule is CC(C)=CCc1c(O)c2c(c3c(=O)c(-c4ccc(O)cc4)coc13)OC(C)(C)[C@@H](O)[C@@H]2O. The third-order valence-corrected chi connectivity index (χ3v) is 5.85. The first-order chi connectivity index (χ1) is 15.0. The molecule has 7 heteroatoms. The number of rotatable bonds is 3. The average Bonchev–Trinajstić information content (AvgIpc) is 2.72. The van der Waals surface area contributed by atoms with E-state index in [1.807, 2.05) is 19.9 Å². The molecule has 0 saturated carbocycles. The lowest BCUT2D eigenvalue weighted by molar-refractivity contribution is -0.111. The number of fused-ring (bicyclic) bond motifs is 3. The number of allylic oxidation sites excluding steroid dienone is 2. The van der Waals surface area contributed by atoms with Gasteiger partial charge in [0.15, 0.2) is 0 Å². The molecular weight excluding hydrogens is 412 g/mol. The van der Waals surface area contributed by atoms with E-state index in [1.54, 1.807) is 26.0 Å². The van der Waals surface area contributed by atoms with Gasteiger partial charge in [-0.3, -0.25) is 4.79 Å². The van der Waals surface area contributed by atoms with Crippen molar-refractivity contribution in [1.29, 1.82) is 0 Å². The molecule has 32 heavy (non-hydrogen) atoms. The number of hydrogen-bond acceptors (Lipinski definition) is 7. The Hall–Kier alpha value is -3.29. The molecule has 0 aliphatic carbocycles. The summed E-state index contributed by atoms with van der Waals surface area (Å²) < 4.78 is 11.9. The van der Waals surface area contributed by atoms with E-state index in [-0.39, 0.29) is 45.8 Å².